The second-order valence-corrected chi connectivity index (χ2v) is 5.12. The lowest BCUT2D eigenvalue weighted by molar-refractivity contribution is 0.0993. The van der Waals surface area contributed by atoms with Crippen molar-refractivity contribution in [2.24, 2.45) is 0 Å². The number of ketones is 1. The van der Waals surface area contributed by atoms with Crippen LogP contribution in [0.4, 0.5) is 5.69 Å². The van der Waals surface area contributed by atoms with Gasteiger partial charge in [0.05, 0.1) is 17.2 Å². The fourth-order valence-electron chi connectivity index (χ4n) is 1.83. The van der Waals surface area contributed by atoms with Gasteiger partial charge in [0, 0.05) is 17.7 Å². The highest BCUT2D eigenvalue weighted by molar-refractivity contribution is 6.42. The van der Waals surface area contributed by atoms with Crippen LogP contribution in [0.15, 0.2) is 36.4 Å². The summed E-state index contributed by atoms with van der Waals surface area (Å²) in [6.45, 7) is 0. The zero-order valence-corrected chi connectivity index (χ0v) is 12.3. The summed E-state index contributed by atoms with van der Waals surface area (Å²) < 4.78 is 5.10. The van der Waals surface area contributed by atoms with Gasteiger partial charge in [-0.15, -0.1) is 0 Å². The summed E-state index contributed by atoms with van der Waals surface area (Å²) in [6, 6.07) is 10.1. The molecule has 3 nitrogen and oxygen atoms in total. The molecule has 2 N–H and O–H groups in total. The van der Waals surface area contributed by atoms with E-state index in [9.17, 15) is 4.79 Å². The molecule has 0 saturated carbocycles. The molecule has 0 amide bonds. The summed E-state index contributed by atoms with van der Waals surface area (Å²) in [5.41, 5.74) is 7.48. The Labute approximate surface area is 127 Å². The summed E-state index contributed by atoms with van der Waals surface area (Å²) in [6.07, 6.45) is 0.203. The molecule has 2 aromatic rings. The fraction of sp³-hybridized carbons (Fsp3) is 0.133. The van der Waals surface area contributed by atoms with Gasteiger partial charge in [-0.05, 0) is 35.9 Å². The fourth-order valence-corrected chi connectivity index (χ4v) is 2.15. The van der Waals surface area contributed by atoms with Gasteiger partial charge in [-0.3, -0.25) is 4.79 Å². The van der Waals surface area contributed by atoms with Crippen molar-refractivity contribution < 1.29 is 9.53 Å². The number of anilines is 1. The van der Waals surface area contributed by atoms with Crippen LogP contribution in [0, 0.1) is 0 Å². The molecule has 5 heteroatoms. The molecule has 0 heterocycles. The van der Waals surface area contributed by atoms with Crippen molar-refractivity contribution in [2.75, 3.05) is 12.8 Å². The van der Waals surface area contributed by atoms with Gasteiger partial charge in [-0.25, -0.2) is 0 Å². The first kappa shape index (κ1) is 14.7. The third-order valence-corrected chi connectivity index (χ3v) is 3.65. The molecule has 0 saturated heterocycles. The van der Waals surface area contributed by atoms with Crippen molar-refractivity contribution in [1.29, 1.82) is 0 Å². The molecule has 104 valence electrons. The van der Waals surface area contributed by atoms with E-state index in [1.807, 2.05) is 0 Å². The molecule has 0 unspecified atom stereocenters. The van der Waals surface area contributed by atoms with Crippen LogP contribution in [-0.2, 0) is 6.42 Å². The second-order valence-electron chi connectivity index (χ2n) is 4.30. The third kappa shape index (κ3) is 3.24. The van der Waals surface area contributed by atoms with E-state index in [4.69, 9.17) is 33.7 Å². The zero-order chi connectivity index (χ0) is 14.7. The van der Waals surface area contributed by atoms with E-state index in [2.05, 4.69) is 0 Å². The van der Waals surface area contributed by atoms with E-state index in [-0.39, 0.29) is 12.2 Å². The molecule has 20 heavy (non-hydrogen) atoms. The molecule has 0 aliphatic carbocycles. The largest absolute Gasteiger partial charge is 0.497 e. The van der Waals surface area contributed by atoms with E-state index in [1.54, 1.807) is 43.5 Å². The Bertz CT molecular complexity index is 656. The molecule has 0 aliphatic heterocycles. The van der Waals surface area contributed by atoms with Crippen molar-refractivity contribution in [1.82, 2.24) is 0 Å². The highest BCUT2D eigenvalue weighted by Crippen LogP contribution is 2.25. The minimum absolute atomic E-state index is 0.0974. The molecule has 2 rings (SSSR count). The average Bonchev–Trinajstić information content (AvgIpc) is 2.43. The number of ether oxygens (including phenoxy) is 1. The van der Waals surface area contributed by atoms with Crippen molar-refractivity contribution >= 4 is 34.7 Å². The van der Waals surface area contributed by atoms with Crippen molar-refractivity contribution in [2.45, 2.75) is 6.42 Å². The summed E-state index contributed by atoms with van der Waals surface area (Å²) in [5, 5.41) is 0.888. The molecule has 0 spiro atoms. The van der Waals surface area contributed by atoms with E-state index in [0.717, 1.165) is 5.56 Å². The molecule has 0 radical (unpaired) electrons. The lowest BCUT2D eigenvalue weighted by Crippen LogP contribution is -2.07. The summed E-state index contributed by atoms with van der Waals surface area (Å²) >= 11 is 11.8. The molecule has 0 aromatic heterocycles. The van der Waals surface area contributed by atoms with Gasteiger partial charge in [0.1, 0.15) is 5.75 Å². The zero-order valence-electron chi connectivity index (χ0n) is 10.8. The minimum atomic E-state index is -0.0974. The standard InChI is InChI=1S/C15H13Cl2NO2/c1-20-10-3-5-14(18)11(8-10)15(19)7-9-2-4-12(16)13(17)6-9/h2-6,8H,7,18H2,1H3. The average molecular weight is 310 g/mol. The number of methoxy groups -OCH3 is 1. The van der Waals surface area contributed by atoms with Crippen LogP contribution in [0.2, 0.25) is 10.0 Å². The molecular formula is C15H13Cl2NO2. The number of carbonyl (C=O) groups is 1. The molecule has 2 aromatic carbocycles. The van der Waals surface area contributed by atoms with Crippen LogP contribution in [-0.4, -0.2) is 12.9 Å². The normalized spacial score (nSPS) is 10.3. The first-order valence-corrected chi connectivity index (χ1v) is 6.67. The molecular weight excluding hydrogens is 297 g/mol. The SMILES string of the molecule is COc1ccc(N)c(C(=O)Cc2ccc(Cl)c(Cl)c2)c1. The lowest BCUT2D eigenvalue weighted by Gasteiger charge is -2.08. The molecule has 0 fully saturated rings. The number of rotatable bonds is 4. The van der Waals surface area contributed by atoms with Gasteiger partial charge in [0.2, 0.25) is 0 Å². The lowest BCUT2D eigenvalue weighted by atomic mass is 10.0. The predicted molar refractivity (Wildman–Crippen MR) is 81.9 cm³/mol. The number of nitrogen functional groups attached to an aromatic ring is 1. The Morgan fingerprint density at radius 2 is 1.90 bits per heavy atom. The van der Waals surface area contributed by atoms with Gasteiger partial charge in [0.25, 0.3) is 0 Å². The first-order valence-electron chi connectivity index (χ1n) is 5.92. The Balaban J connectivity index is 2.25. The van der Waals surface area contributed by atoms with Gasteiger partial charge in [-0.1, -0.05) is 29.3 Å². The van der Waals surface area contributed by atoms with Crippen LogP contribution in [0.25, 0.3) is 0 Å². The monoisotopic (exact) mass is 309 g/mol. The molecule has 0 bridgehead atoms. The Morgan fingerprint density at radius 1 is 1.15 bits per heavy atom. The van der Waals surface area contributed by atoms with Crippen molar-refractivity contribution in [3.8, 4) is 5.75 Å². The molecule has 0 atom stereocenters. The summed E-state index contributed by atoms with van der Waals surface area (Å²) in [5.74, 6) is 0.497. The van der Waals surface area contributed by atoms with Crippen molar-refractivity contribution in [3.05, 3.63) is 57.6 Å². The third-order valence-electron chi connectivity index (χ3n) is 2.91. The maximum Gasteiger partial charge on any atom is 0.169 e. The van der Waals surface area contributed by atoms with Crippen molar-refractivity contribution in [3.63, 3.8) is 0 Å². The Hall–Kier alpha value is -1.71. The Kier molecular flexibility index (Phi) is 4.53. The van der Waals surface area contributed by atoms with E-state index >= 15 is 0 Å². The summed E-state index contributed by atoms with van der Waals surface area (Å²) in [7, 11) is 1.54. The number of halogens is 2. The number of benzene rings is 2. The number of carbonyl (C=O) groups excluding carboxylic acids is 1. The topological polar surface area (TPSA) is 52.3 Å². The number of hydrogen-bond donors (Lipinski definition) is 1. The van der Waals surface area contributed by atoms with Gasteiger partial charge >= 0.3 is 0 Å². The van der Waals surface area contributed by atoms with Gasteiger partial charge < -0.3 is 10.5 Å². The van der Waals surface area contributed by atoms with Gasteiger partial charge in [0.15, 0.2) is 5.78 Å². The quantitative estimate of drug-likeness (QED) is 0.686. The highest BCUT2D eigenvalue weighted by atomic mass is 35.5. The maximum absolute atomic E-state index is 12.3. The number of Topliss-reactive ketones (excluding diaryl/α,β-unsaturated/α-hetero) is 1. The first-order chi connectivity index (χ1) is 9.51. The van der Waals surface area contributed by atoms with Crippen LogP contribution in [0.3, 0.4) is 0 Å². The van der Waals surface area contributed by atoms with Crippen LogP contribution < -0.4 is 10.5 Å². The molecule has 0 aliphatic rings. The second kappa shape index (κ2) is 6.16. The predicted octanol–water partition coefficient (Wildman–Crippen LogP) is 4.01. The van der Waals surface area contributed by atoms with E-state index in [0.29, 0.717) is 27.0 Å². The maximum atomic E-state index is 12.3. The van der Waals surface area contributed by atoms with Crippen LogP contribution in [0.5, 0.6) is 5.75 Å². The van der Waals surface area contributed by atoms with Crippen LogP contribution >= 0.6 is 23.2 Å². The van der Waals surface area contributed by atoms with Gasteiger partial charge in [-0.2, -0.15) is 0 Å². The summed E-state index contributed by atoms with van der Waals surface area (Å²) in [4.78, 5) is 12.3. The van der Waals surface area contributed by atoms with Crippen LogP contribution in [0.1, 0.15) is 15.9 Å². The minimum Gasteiger partial charge on any atom is -0.497 e. The Morgan fingerprint density at radius 3 is 2.55 bits per heavy atom. The smallest absolute Gasteiger partial charge is 0.169 e. The highest BCUT2D eigenvalue weighted by Gasteiger charge is 2.12. The number of hydrogen-bond acceptors (Lipinski definition) is 3. The number of nitrogens with two attached hydrogens (primary N) is 1. The van der Waals surface area contributed by atoms with E-state index in [1.165, 1.54) is 0 Å². The van der Waals surface area contributed by atoms with E-state index < -0.39 is 0 Å².